The minimum atomic E-state index is -0.855. The molecule has 0 aliphatic rings. The number of imidazole rings is 1. The monoisotopic (exact) mass is 440 g/mol. The fourth-order valence-electron chi connectivity index (χ4n) is 4.30. The number of carbonyl (C=O) groups is 1. The molecule has 1 aromatic heterocycles. The number of nitrogens with zero attached hydrogens (tertiary/aromatic N) is 2. The second-order valence-electron chi connectivity index (χ2n) is 8.37. The molecule has 5 heteroatoms. The van der Waals surface area contributed by atoms with Crippen molar-refractivity contribution >= 4 is 5.97 Å². The van der Waals surface area contributed by atoms with Crippen LogP contribution in [0.2, 0.25) is 0 Å². The Morgan fingerprint density at radius 2 is 1.73 bits per heavy atom. The molecule has 0 fully saturated rings. The quantitative estimate of drug-likeness (QED) is 0.371. The van der Waals surface area contributed by atoms with Gasteiger partial charge in [0.05, 0.1) is 12.3 Å². The van der Waals surface area contributed by atoms with Crippen LogP contribution < -0.4 is 4.74 Å². The summed E-state index contributed by atoms with van der Waals surface area (Å²) in [5.41, 5.74) is 6.96. The molecule has 0 amide bonds. The lowest BCUT2D eigenvalue weighted by Gasteiger charge is -2.16. The first-order valence-electron chi connectivity index (χ1n) is 11.0. The van der Waals surface area contributed by atoms with Gasteiger partial charge in [-0.3, -0.25) is 4.79 Å². The molecule has 0 bridgehead atoms. The molecule has 0 radical (unpaired) electrons. The largest absolute Gasteiger partial charge is 0.489 e. The number of rotatable bonds is 8. The molecule has 3 aromatic carbocycles. The summed E-state index contributed by atoms with van der Waals surface area (Å²) in [5, 5.41) is 9.38. The van der Waals surface area contributed by atoms with Gasteiger partial charge in [0.15, 0.2) is 0 Å². The third-order valence-corrected chi connectivity index (χ3v) is 5.93. The van der Waals surface area contributed by atoms with E-state index in [2.05, 4.69) is 61.3 Å². The molecular formula is C28H28N2O3. The van der Waals surface area contributed by atoms with Crippen LogP contribution in [0.5, 0.6) is 5.75 Å². The van der Waals surface area contributed by atoms with E-state index in [0.29, 0.717) is 6.61 Å². The van der Waals surface area contributed by atoms with Crippen LogP contribution in [-0.2, 0) is 18.4 Å². The van der Waals surface area contributed by atoms with Crippen LogP contribution in [0.1, 0.15) is 40.4 Å². The Bertz CT molecular complexity index is 1240. The highest BCUT2D eigenvalue weighted by Gasteiger charge is 2.21. The van der Waals surface area contributed by atoms with Crippen molar-refractivity contribution in [3.05, 3.63) is 107 Å². The molecule has 0 aliphatic carbocycles. The minimum Gasteiger partial charge on any atom is -0.489 e. The Labute approximate surface area is 194 Å². The number of aliphatic carboxylic acids is 1. The lowest BCUT2D eigenvalue weighted by molar-refractivity contribution is -0.137. The molecule has 0 spiro atoms. The number of ether oxygens (including phenoxy) is 1. The van der Waals surface area contributed by atoms with E-state index >= 15 is 0 Å². The predicted octanol–water partition coefficient (Wildman–Crippen LogP) is 5.89. The van der Waals surface area contributed by atoms with Crippen molar-refractivity contribution in [2.24, 2.45) is 7.05 Å². The van der Waals surface area contributed by atoms with Gasteiger partial charge in [-0.05, 0) is 65.4 Å². The maximum Gasteiger partial charge on any atom is 0.304 e. The predicted molar refractivity (Wildman–Crippen MR) is 129 cm³/mol. The smallest absolute Gasteiger partial charge is 0.304 e. The average Bonchev–Trinajstić information content (AvgIpc) is 3.22. The van der Waals surface area contributed by atoms with Crippen molar-refractivity contribution in [2.75, 3.05) is 0 Å². The average molecular weight is 441 g/mol. The van der Waals surface area contributed by atoms with Gasteiger partial charge in [-0.15, -0.1) is 0 Å². The van der Waals surface area contributed by atoms with Crippen LogP contribution in [0.4, 0.5) is 0 Å². The molecule has 0 saturated carbocycles. The first-order chi connectivity index (χ1) is 15.9. The molecule has 168 valence electrons. The number of aromatic nitrogens is 2. The Hall–Kier alpha value is -3.86. The number of hydrogen-bond acceptors (Lipinski definition) is 3. The van der Waals surface area contributed by atoms with Gasteiger partial charge in [0.25, 0.3) is 0 Å². The third kappa shape index (κ3) is 5.14. The van der Waals surface area contributed by atoms with E-state index in [0.717, 1.165) is 22.7 Å². The first-order valence-corrected chi connectivity index (χ1v) is 11.0. The molecular weight excluding hydrogens is 412 g/mol. The van der Waals surface area contributed by atoms with Gasteiger partial charge in [-0.25, -0.2) is 4.98 Å². The molecule has 33 heavy (non-hydrogen) atoms. The van der Waals surface area contributed by atoms with E-state index in [9.17, 15) is 9.90 Å². The van der Waals surface area contributed by atoms with Gasteiger partial charge in [-0.1, -0.05) is 48.5 Å². The third-order valence-electron chi connectivity index (χ3n) is 5.93. The Morgan fingerprint density at radius 1 is 1.03 bits per heavy atom. The zero-order valence-electron chi connectivity index (χ0n) is 19.2. The second kappa shape index (κ2) is 9.74. The number of hydrogen-bond donors (Lipinski definition) is 1. The molecule has 0 aliphatic heterocycles. The summed E-state index contributed by atoms with van der Waals surface area (Å²) in [4.78, 5) is 15.8. The van der Waals surface area contributed by atoms with Gasteiger partial charge in [0.2, 0.25) is 0 Å². The number of aryl methyl sites for hydroxylation is 3. The highest BCUT2D eigenvalue weighted by molar-refractivity contribution is 5.71. The van der Waals surface area contributed by atoms with Gasteiger partial charge in [-0.2, -0.15) is 0 Å². The molecule has 0 unspecified atom stereocenters. The Balaban J connectivity index is 1.49. The maximum absolute atomic E-state index is 11.4. The van der Waals surface area contributed by atoms with E-state index in [1.807, 2.05) is 42.1 Å². The van der Waals surface area contributed by atoms with Crippen LogP contribution in [0.25, 0.3) is 11.1 Å². The molecule has 5 nitrogen and oxygen atoms in total. The van der Waals surface area contributed by atoms with Crippen LogP contribution in [0.15, 0.2) is 79.1 Å². The van der Waals surface area contributed by atoms with Crippen LogP contribution in [-0.4, -0.2) is 20.6 Å². The summed E-state index contributed by atoms with van der Waals surface area (Å²) in [6.45, 7) is 4.72. The topological polar surface area (TPSA) is 64.3 Å². The van der Waals surface area contributed by atoms with Crippen molar-refractivity contribution in [1.29, 1.82) is 0 Å². The van der Waals surface area contributed by atoms with Crippen molar-refractivity contribution in [3.8, 4) is 16.9 Å². The normalized spacial score (nSPS) is 11.8. The zero-order valence-corrected chi connectivity index (χ0v) is 19.2. The van der Waals surface area contributed by atoms with E-state index < -0.39 is 5.97 Å². The molecule has 4 aromatic rings. The fourth-order valence-corrected chi connectivity index (χ4v) is 4.30. The summed E-state index contributed by atoms with van der Waals surface area (Å²) >= 11 is 0. The highest BCUT2D eigenvalue weighted by Crippen LogP contribution is 2.30. The summed E-state index contributed by atoms with van der Waals surface area (Å²) in [5.74, 6) is 0.303. The second-order valence-corrected chi connectivity index (χ2v) is 8.37. The van der Waals surface area contributed by atoms with Gasteiger partial charge in [0, 0.05) is 19.4 Å². The van der Waals surface area contributed by atoms with Crippen molar-refractivity contribution < 1.29 is 14.6 Å². The van der Waals surface area contributed by atoms with Crippen LogP contribution >= 0.6 is 0 Å². The first kappa shape index (κ1) is 22.3. The van der Waals surface area contributed by atoms with E-state index in [1.54, 1.807) is 6.20 Å². The lowest BCUT2D eigenvalue weighted by atomic mass is 9.94. The summed E-state index contributed by atoms with van der Waals surface area (Å²) in [6.07, 6.45) is 3.50. The SMILES string of the molecule is Cc1cccc(C)c1-c1cccc(COc2ccc([C@H](CC(=O)O)c3nccn3C)cc2)c1. The maximum atomic E-state index is 11.4. The van der Waals surface area contributed by atoms with Gasteiger partial charge >= 0.3 is 5.97 Å². The van der Waals surface area contributed by atoms with Gasteiger partial charge < -0.3 is 14.4 Å². The van der Waals surface area contributed by atoms with Crippen molar-refractivity contribution in [3.63, 3.8) is 0 Å². The molecule has 4 rings (SSSR count). The van der Waals surface area contributed by atoms with Crippen LogP contribution in [0, 0.1) is 13.8 Å². The standard InChI is InChI=1S/C28H28N2O3/c1-19-6-4-7-20(2)27(19)23-9-5-8-21(16-23)18-33-24-12-10-22(11-13-24)25(17-26(31)32)28-29-14-15-30(28)3/h4-16,25H,17-18H2,1-3H3,(H,31,32)/t25-/m0/s1. The summed E-state index contributed by atoms with van der Waals surface area (Å²) in [7, 11) is 1.88. The Morgan fingerprint density at radius 3 is 2.36 bits per heavy atom. The zero-order chi connectivity index (χ0) is 23.4. The summed E-state index contributed by atoms with van der Waals surface area (Å²) < 4.78 is 7.90. The number of carboxylic acid groups (broad SMARTS) is 1. The molecule has 1 heterocycles. The highest BCUT2D eigenvalue weighted by atomic mass is 16.5. The van der Waals surface area contributed by atoms with Crippen LogP contribution in [0.3, 0.4) is 0 Å². The van der Waals surface area contributed by atoms with Crippen molar-refractivity contribution in [1.82, 2.24) is 9.55 Å². The van der Waals surface area contributed by atoms with Crippen molar-refractivity contribution in [2.45, 2.75) is 32.8 Å². The number of benzene rings is 3. The number of carboxylic acids is 1. The summed E-state index contributed by atoms with van der Waals surface area (Å²) in [6, 6.07) is 22.4. The molecule has 1 atom stereocenters. The Kier molecular flexibility index (Phi) is 6.59. The van der Waals surface area contributed by atoms with E-state index in [-0.39, 0.29) is 12.3 Å². The van der Waals surface area contributed by atoms with E-state index in [1.165, 1.54) is 22.3 Å². The lowest BCUT2D eigenvalue weighted by Crippen LogP contribution is -2.12. The van der Waals surface area contributed by atoms with E-state index in [4.69, 9.17) is 4.74 Å². The van der Waals surface area contributed by atoms with Gasteiger partial charge in [0.1, 0.15) is 18.2 Å². The minimum absolute atomic E-state index is 0.0177. The fraction of sp³-hybridized carbons (Fsp3) is 0.214. The molecule has 0 saturated heterocycles. The molecule has 1 N–H and O–H groups in total.